The molecular formula is C12H12N3O3S-. The quantitative estimate of drug-likeness (QED) is 0.577. The smallest absolute Gasteiger partial charge is 0.126 e. The molecule has 0 saturated carbocycles. The summed E-state index contributed by atoms with van der Waals surface area (Å²) in [7, 11) is -4.60. The van der Waals surface area contributed by atoms with Crippen LogP contribution in [0.1, 0.15) is 0 Å². The van der Waals surface area contributed by atoms with Gasteiger partial charge in [0.1, 0.15) is 10.1 Å². The lowest BCUT2D eigenvalue weighted by Crippen LogP contribution is -2.04. The second-order valence-electron chi connectivity index (χ2n) is 3.96. The van der Waals surface area contributed by atoms with Gasteiger partial charge in [-0.1, -0.05) is 0 Å². The summed E-state index contributed by atoms with van der Waals surface area (Å²) in [5.74, 6) is 0. The van der Waals surface area contributed by atoms with Crippen molar-refractivity contribution in [2.24, 2.45) is 0 Å². The van der Waals surface area contributed by atoms with Gasteiger partial charge in [0.2, 0.25) is 0 Å². The minimum Gasteiger partial charge on any atom is -0.744 e. The number of hydrogen-bond acceptors (Lipinski definition) is 6. The zero-order chi connectivity index (χ0) is 14.0. The molecule has 0 aliphatic heterocycles. The number of nitrogen functional groups attached to an aromatic ring is 2. The van der Waals surface area contributed by atoms with Crippen molar-refractivity contribution in [1.82, 2.24) is 0 Å². The van der Waals surface area contributed by atoms with E-state index >= 15 is 0 Å². The number of nitrogens with one attached hydrogen (secondary N) is 1. The van der Waals surface area contributed by atoms with Crippen LogP contribution in [-0.2, 0) is 10.1 Å². The highest BCUT2D eigenvalue weighted by atomic mass is 32.2. The average Bonchev–Trinajstić information content (AvgIpc) is 2.33. The molecule has 2 aromatic rings. The lowest BCUT2D eigenvalue weighted by atomic mass is 10.2. The number of nitrogens with two attached hydrogens (primary N) is 2. The minimum absolute atomic E-state index is 0.175. The molecule has 0 bridgehead atoms. The first-order valence-electron chi connectivity index (χ1n) is 5.34. The summed E-state index contributed by atoms with van der Waals surface area (Å²) in [6.45, 7) is 0. The van der Waals surface area contributed by atoms with Crippen molar-refractivity contribution in [1.29, 1.82) is 0 Å². The molecule has 0 heterocycles. The molecule has 0 spiro atoms. The molecule has 0 aliphatic rings. The van der Waals surface area contributed by atoms with Gasteiger partial charge < -0.3 is 21.3 Å². The summed E-state index contributed by atoms with van der Waals surface area (Å²) in [6, 6.07) is 10.7. The average molecular weight is 278 g/mol. The third-order valence-electron chi connectivity index (χ3n) is 2.46. The zero-order valence-corrected chi connectivity index (χ0v) is 10.6. The minimum atomic E-state index is -4.60. The molecule has 0 saturated heterocycles. The van der Waals surface area contributed by atoms with Crippen LogP contribution in [0, 0.1) is 0 Å². The Balaban J connectivity index is 2.43. The predicted octanol–water partition coefficient (Wildman–Crippen LogP) is 1.50. The fourth-order valence-corrected chi connectivity index (χ4v) is 2.24. The van der Waals surface area contributed by atoms with Crippen LogP contribution in [0.4, 0.5) is 22.7 Å². The van der Waals surface area contributed by atoms with Crippen molar-refractivity contribution >= 4 is 32.9 Å². The monoisotopic (exact) mass is 278 g/mol. The van der Waals surface area contributed by atoms with E-state index in [0.29, 0.717) is 11.4 Å². The van der Waals surface area contributed by atoms with Gasteiger partial charge in [-0.2, -0.15) is 0 Å². The van der Waals surface area contributed by atoms with E-state index in [9.17, 15) is 13.0 Å². The molecule has 7 heteroatoms. The Bertz CT molecular complexity index is 697. The van der Waals surface area contributed by atoms with E-state index in [4.69, 9.17) is 11.5 Å². The first-order chi connectivity index (χ1) is 8.86. The van der Waals surface area contributed by atoms with Gasteiger partial charge in [0, 0.05) is 17.1 Å². The van der Waals surface area contributed by atoms with Crippen LogP contribution in [0.25, 0.3) is 0 Å². The van der Waals surface area contributed by atoms with Gasteiger partial charge >= 0.3 is 0 Å². The molecular weight excluding hydrogens is 266 g/mol. The fraction of sp³-hybridized carbons (Fsp3) is 0. The van der Waals surface area contributed by atoms with E-state index < -0.39 is 10.1 Å². The van der Waals surface area contributed by atoms with Gasteiger partial charge in [-0.3, -0.25) is 0 Å². The van der Waals surface area contributed by atoms with Crippen LogP contribution in [0.3, 0.4) is 0 Å². The van der Waals surface area contributed by atoms with Gasteiger partial charge in [0.05, 0.1) is 10.6 Å². The number of hydrogen-bond donors (Lipinski definition) is 3. The van der Waals surface area contributed by atoms with E-state index in [1.54, 1.807) is 24.3 Å². The standard InChI is InChI=1S/C12H13N3O3S/c13-8-1-4-10(5-2-8)15-11-6-3-9(14)7-12(11)19(16,17)18/h1-7,15H,13-14H2,(H,16,17,18)/p-1. The van der Waals surface area contributed by atoms with Gasteiger partial charge in [0.25, 0.3) is 0 Å². The largest absolute Gasteiger partial charge is 0.744 e. The van der Waals surface area contributed by atoms with E-state index in [2.05, 4.69) is 5.32 Å². The summed E-state index contributed by atoms with van der Waals surface area (Å²) in [5, 5.41) is 2.84. The second-order valence-corrected chi connectivity index (χ2v) is 5.30. The van der Waals surface area contributed by atoms with Gasteiger partial charge in [0.15, 0.2) is 0 Å². The Morgan fingerprint density at radius 3 is 2.11 bits per heavy atom. The topological polar surface area (TPSA) is 121 Å². The Labute approximate surface area is 110 Å². The van der Waals surface area contributed by atoms with Crippen molar-refractivity contribution in [3.8, 4) is 0 Å². The summed E-state index contributed by atoms with van der Waals surface area (Å²) >= 11 is 0. The first-order valence-corrected chi connectivity index (χ1v) is 6.75. The molecule has 100 valence electrons. The number of anilines is 4. The number of rotatable bonds is 3. The molecule has 0 aromatic heterocycles. The summed E-state index contributed by atoms with van der Waals surface area (Å²) in [4.78, 5) is -0.385. The number of benzene rings is 2. The summed E-state index contributed by atoms with van der Waals surface area (Å²) < 4.78 is 33.5. The van der Waals surface area contributed by atoms with E-state index in [-0.39, 0.29) is 16.3 Å². The van der Waals surface area contributed by atoms with Crippen molar-refractivity contribution in [3.63, 3.8) is 0 Å². The maximum Gasteiger partial charge on any atom is 0.126 e. The second kappa shape index (κ2) is 4.79. The zero-order valence-electron chi connectivity index (χ0n) is 9.83. The Morgan fingerprint density at radius 2 is 1.53 bits per heavy atom. The van der Waals surface area contributed by atoms with Gasteiger partial charge in [-0.05, 0) is 42.5 Å². The summed E-state index contributed by atoms with van der Waals surface area (Å²) in [6.07, 6.45) is 0. The third kappa shape index (κ3) is 3.15. The molecule has 0 radical (unpaired) electrons. The first kappa shape index (κ1) is 13.2. The van der Waals surface area contributed by atoms with Gasteiger partial charge in [-0.25, -0.2) is 8.42 Å². The Hall–Kier alpha value is -2.25. The van der Waals surface area contributed by atoms with E-state index in [1.807, 2.05) is 0 Å². The van der Waals surface area contributed by atoms with Crippen LogP contribution in [0.5, 0.6) is 0 Å². The fourth-order valence-electron chi connectivity index (χ4n) is 1.57. The van der Waals surface area contributed by atoms with Crippen LogP contribution in [0.15, 0.2) is 47.4 Å². The molecule has 6 nitrogen and oxygen atoms in total. The lowest BCUT2D eigenvalue weighted by molar-refractivity contribution is 0.463. The van der Waals surface area contributed by atoms with Crippen molar-refractivity contribution in [2.75, 3.05) is 16.8 Å². The van der Waals surface area contributed by atoms with Crippen LogP contribution in [0.2, 0.25) is 0 Å². The summed E-state index contributed by atoms with van der Waals surface area (Å²) in [5.41, 5.74) is 12.6. The van der Waals surface area contributed by atoms with Crippen LogP contribution >= 0.6 is 0 Å². The molecule has 5 N–H and O–H groups in total. The molecule has 19 heavy (non-hydrogen) atoms. The highest BCUT2D eigenvalue weighted by Crippen LogP contribution is 2.27. The van der Waals surface area contributed by atoms with E-state index in [0.717, 1.165) is 6.07 Å². The van der Waals surface area contributed by atoms with Crippen molar-refractivity contribution in [2.45, 2.75) is 4.90 Å². The highest BCUT2D eigenvalue weighted by molar-refractivity contribution is 7.86. The van der Waals surface area contributed by atoms with Gasteiger partial charge in [-0.15, -0.1) is 0 Å². The van der Waals surface area contributed by atoms with Crippen molar-refractivity contribution < 1.29 is 13.0 Å². The molecule has 2 aromatic carbocycles. The SMILES string of the molecule is Nc1ccc(Nc2ccc(N)cc2S(=O)(=O)[O-])cc1. The maximum absolute atomic E-state index is 11.2. The lowest BCUT2D eigenvalue weighted by Gasteiger charge is -2.15. The normalized spacial score (nSPS) is 11.2. The predicted molar refractivity (Wildman–Crippen MR) is 73.0 cm³/mol. The molecule has 2 rings (SSSR count). The van der Waals surface area contributed by atoms with Crippen LogP contribution in [-0.4, -0.2) is 13.0 Å². The van der Waals surface area contributed by atoms with Crippen LogP contribution < -0.4 is 16.8 Å². The molecule has 0 atom stereocenters. The highest BCUT2D eigenvalue weighted by Gasteiger charge is 2.09. The van der Waals surface area contributed by atoms with E-state index in [1.165, 1.54) is 12.1 Å². The molecule has 0 amide bonds. The molecule has 0 fully saturated rings. The molecule has 0 aliphatic carbocycles. The third-order valence-corrected chi connectivity index (χ3v) is 3.34. The van der Waals surface area contributed by atoms with Crippen molar-refractivity contribution in [3.05, 3.63) is 42.5 Å². The maximum atomic E-state index is 11.2. The Kier molecular flexibility index (Phi) is 3.32. The molecule has 0 unspecified atom stereocenters. The Morgan fingerprint density at radius 1 is 0.947 bits per heavy atom.